The minimum absolute atomic E-state index is 0.168. The van der Waals surface area contributed by atoms with Gasteiger partial charge in [0.25, 0.3) is 5.69 Å². The Hall–Kier alpha value is -1.64. The maximum absolute atomic E-state index is 11.1. The van der Waals surface area contributed by atoms with Crippen molar-refractivity contribution in [2.75, 3.05) is 30.3 Å². The second kappa shape index (κ2) is 9.89. The van der Waals surface area contributed by atoms with Gasteiger partial charge in [-0.05, 0) is 43.9 Å². The maximum atomic E-state index is 11.1. The number of thiazole rings is 1. The van der Waals surface area contributed by atoms with Gasteiger partial charge in [-0.15, -0.1) is 11.3 Å². The van der Waals surface area contributed by atoms with Crippen LogP contribution in [0.2, 0.25) is 0 Å². The van der Waals surface area contributed by atoms with Crippen molar-refractivity contribution in [2.24, 2.45) is 0 Å². The van der Waals surface area contributed by atoms with E-state index in [1.165, 1.54) is 19.3 Å². The van der Waals surface area contributed by atoms with E-state index in [4.69, 9.17) is 0 Å². The van der Waals surface area contributed by atoms with Crippen LogP contribution in [0, 0.1) is 10.1 Å². The molecule has 26 heavy (non-hydrogen) atoms. The van der Waals surface area contributed by atoms with Gasteiger partial charge in [0.1, 0.15) is 4.34 Å². The van der Waals surface area contributed by atoms with Crippen LogP contribution in [0.15, 0.2) is 34.1 Å². The molecular formula is C18H24N4O2S2. The van der Waals surface area contributed by atoms with Crippen molar-refractivity contribution in [3.63, 3.8) is 0 Å². The Balaban J connectivity index is 1.54. The maximum Gasteiger partial charge on any atom is 0.269 e. The summed E-state index contributed by atoms with van der Waals surface area (Å²) in [5, 5.41) is 16.6. The first-order chi connectivity index (χ1) is 12.7. The summed E-state index contributed by atoms with van der Waals surface area (Å²) in [5.74, 6) is 1.02. The number of nitro benzene ring substituents is 1. The van der Waals surface area contributed by atoms with Crippen LogP contribution >= 0.6 is 23.1 Å². The Kier molecular flexibility index (Phi) is 7.28. The van der Waals surface area contributed by atoms with Crippen molar-refractivity contribution in [3.8, 4) is 0 Å². The molecular weight excluding hydrogens is 368 g/mol. The zero-order valence-corrected chi connectivity index (χ0v) is 16.4. The van der Waals surface area contributed by atoms with E-state index in [0.29, 0.717) is 6.54 Å². The summed E-state index contributed by atoms with van der Waals surface area (Å²) < 4.78 is 1.11. The Bertz CT molecular complexity index is 703. The highest BCUT2D eigenvalue weighted by Crippen LogP contribution is 2.28. The number of anilines is 1. The smallest absolute Gasteiger partial charge is 0.269 e. The molecule has 6 nitrogen and oxygen atoms in total. The van der Waals surface area contributed by atoms with Crippen molar-refractivity contribution in [1.82, 2.24) is 10.3 Å². The number of benzene rings is 1. The van der Waals surface area contributed by atoms with Gasteiger partial charge in [0.05, 0.1) is 4.92 Å². The Labute approximate surface area is 162 Å². The van der Waals surface area contributed by atoms with E-state index in [2.05, 4.69) is 15.2 Å². The van der Waals surface area contributed by atoms with Crippen LogP contribution in [0.25, 0.3) is 0 Å². The number of nitrogens with one attached hydrogen (secondary N) is 1. The Morgan fingerprint density at radius 3 is 2.88 bits per heavy atom. The molecule has 0 saturated carbocycles. The summed E-state index contributed by atoms with van der Waals surface area (Å²) in [6.45, 7) is 3.63. The van der Waals surface area contributed by atoms with Crippen LogP contribution in [0.4, 0.5) is 11.4 Å². The van der Waals surface area contributed by atoms with Crippen LogP contribution in [-0.4, -0.2) is 35.3 Å². The number of hydrogen-bond acceptors (Lipinski definition) is 7. The predicted molar refractivity (Wildman–Crippen MR) is 108 cm³/mol. The fourth-order valence-electron chi connectivity index (χ4n) is 3.13. The van der Waals surface area contributed by atoms with E-state index in [0.717, 1.165) is 47.4 Å². The fraction of sp³-hybridized carbons (Fsp3) is 0.500. The highest BCUT2D eigenvalue weighted by atomic mass is 32.2. The standard InChI is InChI=1S/C18H24N4O2S2/c23-22(24)16-5-6-17(21-9-2-1-3-10-21)15(13-16)14-19-7-4-11-25-18-20-8-12-26-18/h5-6,8,12-13,19H,1-4,7,9-11,14H2. The highest BCUT2D eigenvalue weighted by Gasteiger charge is 2.17. The molecule has 1 N–H and O–H groups in total. The molecule has 1 saturated heterocycles. The normalized spacial score (nSPS) is 14.5. The molecule has 2 aromatic rings. The van der Waals surface area contributed by atoms with Crippen LogP contribution in [0.1, 0.15) is 31.2 Å². The average Bonchev–Trinajstić information content (AvgIpc) is 3.18. The van der Waals surface area contributed by atoms with Gasteiger partial charge < -0.3 is 10.2 Å². The van der Waals surface area contributed by atoms with E-state index in [9.17, 15) is 10.1 Å². The Morgan fingerprint density at radius 2 is 2.15 bits per heavy atom. The molecule has 0 radical (unpaired) electrons. The molecule has 0 bridgehead atoms. The lowest BCUT2D eigenvalue weighted by Crippen LogP contribution is -2.31. The van der Waals surface area contributed by atoms with Gasteiger partial charge in [0, 0.05) is 54.8 Å². The number of thioether (sulfide) groups is 1. The first kappa shape index (κ1) is 19.1. The van der Waals surface area contributed by atoms with E-state index in [1.54, 1.807) is 35.2 Å². The van der Waals surface area contributed by atoms with E-state index in [1.807, 2.05) is 17.6 Å². The molecule has 1 aliphatic heterocycles. The summed E-state index contributed by atoms with van der Waals surface area (Å²) in [4.78, 5) is 17.4. The molecule has 0 unspecified atom stereocenters. The summed E-state index contributed by atoms with van der Waals surface area (Å²) in [6.07, 6.45) is 6.53. The van der Waals surface area contributed by atoms with Crippen molar-refractivity contribution in [3.05, 3.63) is 45.5 Å². The third-order valence-corrected chi connectivity index (χ3v) is 6.47. The largest absolute Gasteiger partial charge is 0.371 e. The minimum Gasteiger partial charge on any atom is -0.371 e. The second-order valence-corrected chi connectivity index (χ2v) is 8.53. The molecule has 1 aromatic carbocycles. The molecule has 3 rings (SSSR count). The lowest BCUT2D eigenvalue weighted by Gasteiger charge is -2.30. The number of rotatable bonds is 9. The van der Waals surface area contributed by atoms with Crippen molar-refractivity contribution in [1.29, 1.82) is 0 Å². The van der Waals surface area contributed by atoms with E-state index >= 15 is 0 Å². The van der Waals surface area contributed by atoms with Crippen molar-refractivity contribution < 1.29 is 4.92 Å². The molecule has 0 aliphatic carbocycles. The van der Waals surface area contributed by atoms with Crippen LogP contribution < -0.4 is 10.2 Å². The van der Waals surface area contributed by atoms with E-state index < -0.39 is 0 Å². The van der Waals surface area contributed by atoms with Gasteiger partial charge >= 0.3 is 0 Å². The molecule has 1 aromatic heterocycles. The number of non-ortho nitro benzene ring substituents is 1. The molecule has 0 amide bonds. The first-order valence-corrected chi connectivity index (χ1v) is 10.9. The molecule has 0 spiro atoms. The van der Waals surface area contributed by atoms with Gasteiger partial charge in [-0.1, -0.05) is 11.8 Å². The third-order valence-electron chi connectivity index (χ3n) is 4.42. The summed E-state index contributed by atoms with van der Waals surface area (Å²) >= 11 is 3.44. The van der Waals surface area contributed by atoms with Gasteiger partial charge in [0.15, 0.2) is 0 Å². The second-order valence-electron chi connectivity index (χ2n) is 6.29. The molecule has 140 valence electrons. The molecule has 0 atom stereocenters. The zero-order chi connectivity index (χ0) is 18.2. The highest BCUT2D eigenvalue weighted by molar-refractivity contribution is 8.00. The molecule has 8 heteroatoms. The molecule has 1 fully saturated rings. The lowest BCUT2D eigenvalue weighted by atomic mass is 10.1. The zero-order valence-electron chi connectivity index (χ0n) is 14.7. The number of nitrogens with zero attached hydrogens (tertiary/aromatic N) is 3. The topological polar surface area (TPSA) is 71.3 Å². The lowest BCUT2D eigenvalue weighted by molar-refractivity contribution is -0.384. The monoisotopic (exact) mass is 392 g/mol. The van der Waals surface area contributed by atoms with Crippen LogP contribution in [0.5, 0.6) is 0 Å². The summed E-state index contributed by atoms with van der Waals surface area (Å²) in [6, 6.07) is 5.26. The number of hydrogen-bond donors (Lipinski definition) is 1. The first-order valence-electron chi connectivity index (χ1n) is 8.99. The molecule has 1 aliphatic rings. The number of piperidine rings is 1. The SMILES string of the molecule is O=[N+]([O-])c1ccc(N2CCCCC2)c(CNCCCSc2nccs2)c1. The third kappa shape index (κ3) is 5.43. The fourth-order valence-corrected chi connectivity index (χ4v) is 4.78. The quantitative estimate of drug-likeness (QED) is 0.297. The van der Waals surface area contributed by atoms with Crippen molar-refractivity contribution in [2.45, 2.75) is 36.6 Å². The predicted octanol–water partition coefficient (Wildman–Crippen LogP) is 4.31. The average molecular weight is 393 g/mol. The summed E-state index contributed by atoms with van der Waals surface area (Å²) in [7, 11) is 0. The van der Waals surface area contributed by atoms with Gasteiger partial charge in [-0.25, -0.2) is 4.98 Å². The van der Waals surface area contributed by atoms with Gasteiger partial charge in [-0.3, -0.25) is 10.1 Å². The van der Waals surface area contributed by atoms with Gasteiger partial charge in [0.2, 0.25) is 0 Å². The van der Waals surface area contributed by atoms with Crippen molar-refractivity contribution >= 4 is 34.5 Å². The summed E-state index contributed by atoms with van der Waals surface area (Å²) in [5.41, 5.74) is 2.33. The number of aromatic nitrogens is 1. The van der Waals surface area contributed by atoms with Gasteiger partial charge in [-0.2, -0.15) is 0 Å². The van der Waals surface area contributed by atoms with E-state index in [-0.39, 0.29) is 10.6 Å². The minimum atomic E-state index is -0.311. The number of nitro groups is 1. The van der Waals surface area contributed by atoms with Crippen LogP contribution in [-0.2, 0) is 6.54 Å². The van der Waals surface area contributed by atoms with Crippen LogP contribution in [0.3, 0.4) is 0 Å². The Morgan fingerprint density at radius 1 is 1.31 bits per heavy atom. The molecule has 2 heterocycles.